The van der Waals surface area contributed by atoms with Gasteiger partial charge in [0.05, 0.1) is 10.6 Å². The van der Waals surface area contributed by atoms with Crippen LogP contribution in [0.2, 0.25) is 0 Å². The van der Waals surface area contributed by atoms with Gasteiger partial charge in [0.25, 0.3) is 0 Å². The lowest BCUT2D eigenvalue weighted by Gasteiger charge is -2.11. The summed E-state index contributed by atoms with van der Waals surface area (Å²) in [5, 5.41) is 4.28. The van der Waals surface area contributed by atoms with Crippen molar-refractivity contribution in [3.8, 4) is 11.1 Å². The highest BCUT2D eigenvalue weighted by atomic mass is 17.5. The Labute approximate surface area is 165 Å². The predicted molar refractivity (Wildman–Crippen MR) is 104 cm³/mol. The molecule has 6 nitrogen and oxygen atoms in total. The minimum absolute atomic E-state index is 0.266. The lowest BCUT2D eigenvalue weighted by atomic mass is 10.0. The van der Waals surface area contributed by atoms with E-state index in [1.807, 2.05) is 36.4 Å². The average Bonchev–Trinajstić information content (AvgIpc) is 2.72. The van der Waals surface area contributed by atoms with Gasteiger partial charge < -0.3 is 4.74 Å². The number of hydrogen-bond donors (Lipinski definition) is 0. The van der Waals surface area contributed by atoms with Gasteiger partial charge >= 0.3 is 12.1 Å². The van der Waals surface area contributed by atoms with Crippen molar-refractivity contribution in [2.24, 2.45) is 0 Å². The molecule has 0 aromatic heterocycles. The maximum atomic E-state index is 12.1. The van der Waals surface area contributed by atoms with Crippen LogP contribution >= 0.6 is 0 Å². The molecule has 0 N–H and O–H groups in total. The molecule has 0 heterocycles. The van der Waals surface area contributed by atoms with Crippen LogP contribution in [0.5, 0.6) is 0 Å². The Morgan fingerprint density at radius 2 is 1.64 bits per heavy atom. The lowest BCUT2D eigenvalue weighted by molar-refractivity contribution is -0.452. The monoisotopic (exact) mass is 386 g/mol. The van der Waals surface area contributed by atoms with Crippen LogP contribution in [0.1, 0.15) is 56.3 Å². The summed E-state index contributed by atoms with van der Waals surface area (Å²) in [7, 11) is 0. The second-order valence-corrected chi connectivity index (χ2v) is 6.50. The molecule has 6 heteroatoms. The van der Waals surface area contributed by atoms with Crippen molar-refractivity contribution in [2.75, 3.05) is 0 Å². The standard InChI is InChI=1S/C22H26O6/c1-3-4-5-7-11-17(2)25-22(24)27-28-26-21(23)20-15-10-14-19(16-20)18-12-8-6-9-13-18/h6,8-10,12-17H,3-5,7,11H2,1-2H3. The second kappa shape index (κ2) is 11.8. The van der Waals surface area contributed by atoms with Crippen molar-refractivity contribution >= 4 is 12.1 Å². The maximum Gasteiger partial charge on any atom is 0.543 e. The van der Waals surface area contributed by atoms with E-state index >= 15 is 0 Å². The Hall–Kier alpha value is -2.86. The quantitative estimate of drug-likeness (QED) is 0.220. The smallest absolute Gasteiger partial charge is 0.429 e. The first-order valence-corrected chi connectivity index (χ1v) is 9.51. The van der Waals surface area contributed by atoms with Crippen LogP contribution in [0.3, 0.4) is 0 Å². The van der Waals surface area contributed by atoms with Crippen LogP contribution in [0.15, 0.2) is 54.6 Å². The van der Waals surface area contributed by atoms with Gasteiger partial charge in [-0.2, -0.15) is 0 Å². The largest absolute Gasteiger partial charge is 0.543 e. The fourth-order valence-corrected chi connectivity index (χ4v) is 2.68. The molecule has 0 amide bonds. The van der Waals surface area contributed by atoms with Crippen LogP contribution in [0.25, 0.3) is 11.1 Å². The first-order valence-electron chi connectivity index (χ1n) is 9.51. The van der Waals surface area contributed by atoms with E-state index in [0.29, 0.717) is 0 Å². The highest BCUT2D eigenvalue weighted by Gasteiger charge is 2.15. The van der Waals surface area contributed by atoms with Gasteiger partial charge in [-0.05, 0) is 43.0 Å². The predicted octanol–water partition coefficient (Wildman–Crippen LogP) is 5.87. The van der Waals surface area contributed by atoms with Crippen molar-refractivity contribution in [2.45, 2.75) is 52.1 Å². The number of carbonyl (C=O) groups excluding carboxylic acids is 2. The molecule has 0 fully saturated rings. The Kier molecular flexibility index (Phi) is 9.01. The second-order valence-electron chi connectivity index (χ2n) is 6.50. The van der Waals surface area contributed by atoms with Crippen molar-refractivity contribution in [1.29, 1.82) is 0 Å². The highest BCUT2D eigenvalue weighted by Crippen LogP contribution is 2.20. The van der Waals surface area contributed by atoms with E-state index in [1.165, 1.54) is 0 Å². The van der Waals surface area contributed by atoms with Crippen LogP contribution in [0, 0.1) is 0 Å². The molecule has 2 aromatic carbocycles. The molecule has 1 atom stereocenters. The number of hydrogen-bond acceptors (Lipinski definition) is 6. The van der Waals surface area contributed by atoms with Crippen LogP contribution in [-0.2, 0) is 19.6 Å². The fourth-order valence-electron chi connectivity index (χ4n) is 2.68. The molecule has 0 radical (unpaired) electrons. The zero-order valence-electron chi connectivity index (χ0n) is 16.3. The van der Waals surface area contributed by atoms with E-state index in [2.05, 4.69) is 21.7 Å². The SMILES string of the molecule is CCCCCCC(C)OC(=O)OOOC(=O)c1cccc(-c2ccccc2)c1. The zero-order chi connectivity index (χ0) is 20.2. The van der Waals surface area contributed by atoms with Crippen molar-refractivity contribution in [3.05, 3.63) is 60.2 Å². The number of ether oxygens (including phenoxy) is 1. The third-order valence-corrected chi connectivity index (χ3v) is 4.18. The summed E-state index contributed by atoms with van der Waals surface area (Å²) in [5.41, 5.74) is 2.08. The molecule has 2 rings (SSSR count). The summed E-state index contributed by atoms with van der Waals surface area (Å²) < 4.78 is 5.02. The van der Waals surface area contributed by atoms with Gasteiger partial charge in [-0.15, -0.1) is 0 Å². The molecule has 1 unspecified atom stereocenters. The van der Waals surface area contributed by atoms with Crippen molar-refractivity contribution in [1.82, 2.24) is 0 Å². The summed E-state index contributed by atoms with van der Waals surface area (Å²) in [6, 6.07) is 16.5. The number of benzene rings is 2. The molecule has 0 aliphatic heterocycles. The van der Waals surface area contributed by atoms with Gasteiger partial charge in [0.15, 0.2) is 0 Å². The van der Waals surface area contributed by atoms with Crippen LogP contribution in [0.4, 0.5) is 4.79 Å². The molecular weight excluding hydrogens is 360 g/mol. The van der Waals surface area contributed by atoms with Gasteiger partial charge in [-0.3, -0.25) is 4.89 Å². The summed E-state index contributed by atoms with van der Waals surface area (Å²) in [6.45, 7) is 3.90. The Balaban J connectivity index is 1.74. The third-order valence-electron chi connectivity index (χ3n) is 4.18. The first-order chi connectivity index (χ1) is 13.6. The Bertz CT molecular complexity index is 744. The average molecular weight is 386 g/mol. The minimum Gasteiger partial charge on any atom is -0.429 e. The van der Waals surface area contributed by atoms with Gasteiger partial charge in [-0.25, -0.2) is 14.5 Å². The molecule has 0 saturated carbocycles. The molecule has 0 aliphatic carbocycles. The van der Waals surface area contributed by atoms with E-state index in [1.54, 1.807) is 25.1 Å². The van der Waals surface area contributed by atoms with E-state index in [-0.39, 0.29) is 11.7 Å². The van der Waals surface area contributed by atoms with E-state index < -0.39 is 12.1 Å². The van der Waals surface area contributed by atoms with Gasteiger partial charge in [0.1, 0.15) is 6.10 Å². The molecule has 0 saturated heterocycles. The Morgan fingerprint density at radius 3 is 2.39 bits per heavy atom. The van der Waals surface area contributed by atoms with E-state index in [0.717, 1.165) is 43.2 Å². The van der Waals surface area contributed by atoms with Gasteiger partial charge in [0, 0.05) is 0 Å². The number of rotatable bonds is 10. The number of carbonyl (C=O) groups is 2. The third kappa shape index (κ3) is 7.40. The summed E-state index contributed by atoms with van der Waals surface area (Å²) >= 11 is 0. The van der Waals surface area contributed by atoms with Crippen molar-refractivity contribution < 1.29 is 29.1 Å². The maximum absolute atomic E-state index is 12.1. The van der Waals surface area contributed by atoms with Gasteiger partial charge in [-0.1, -0.05) is 68.7 Å². The first kappa shape index (κ1) is 21.4. The molecular formula is C22H26O6. The Morgan fingerprint density at radius 1 is 0.893 bits per heavy atom. The summed E-state index contributed by atoms with van der Waals surface area (Å²) in [6.07, 6.45) is 3.75. The molecule has 150 valence electrons. The number of unbranched alkanes of at least 4 members (excludes halogenated alkanes) is 3. The highest BCUT2D eigenvalue weighted by molar-refractivity contribution is 5.90. The topological polar surface area (TPSA) is 71.1 Å². The van der Waals surface area contributed by atoms with Crippen molar-refractivity contribution in [3.63, 3.8) is 0 Å². The molecule has 0 spiro atoms. The van der Waals surface area contributed by atoms with Gasteiger partial charge in [0.2, 0.25) is 0 Å². The van der Waals surface area contributed by atoms with Crippen LogP contribution in [-0.4, -0.2) is 18.2 Å². The lowest BCUT2D eigenvalue weighted by Crippen LogP contribution is -2.17. The molecule has 28 heavy (non-hydrogen) atoms. The summed E-state index contributed by atoms with van der Waals surface area (Å²) in [5.74, 6) is -0.779. The normalized spacial score (nSPS) is 11.5. The van der Waals surface area contributed by atoms with E-state index in [9.17, 15) is 9.59 Å². The van der Waals surface area contributed by atoms with Crippen LogP contribution < -0.4 is 0 Å². The minimum atomic E-state index is -1.05. The molecule has 0 bridgehead atoms. The summed E-state index contributed by atoms with van der Waals surface area (Å²) in [4.78, 5) is 32.5. The molecule has 0 aliphatic rings. The zero-order valence-corrected chi connectivity index (χ0v) is 16.3. The molecule has 2 aromatic rings. The fraction of sp³-hybridized carbons (Fsp3) is 0.364. The van der Waals surface area contributed by atoms with E-state index in [4.69, 9.17) is 4.74 Å².